The van der Waals surface area contributed by atoms with Gasteiger partial charge in [0.05, 0.1) is 5.69 Å². The molecular weight excluding hydrogens is 404 g/mol. The Hall–Kier alpha value is -2.86. The van der Waals surface area contributed by atoms with Crippen LogP contribution in [0.2, 0.25) is 0 Å². The molecule has 31 heavy (non-hydrogen) atoms. The van der Waals surface area contributed by atoms with Gasteiger partial charge in [0, 0.05) is 41.4 Å². The number of nitrogens with one attached hydrogen (secondary N) is 1. The van der Waals surface area contributed by atoms with Crippen molar-refractivity contribution in [1.29, 1.82) is 0 Å². The number of aromatic nitrogens is 2. The number of nitrogens with zero attached hydrogens (tertiary/aromatic N) is 3. The molecule has 2 aromatic carbocycles. The molecule has 0 unspecified atom stereocenters. The lowest BCUT2D eigenvalue weighted by Crippen LogP contribution is -2.25. The molecule has 2 heterocycles. The molecule has 0 spiro atoms. The lowest BCUT2D eigenvalue weighted by molar-refractivity contribution is -0.115. The molecule has 1 aliphatic rings. The largest absolute Gasteiger partial charge is 0.355 e. The number of benzene rings is 2. The molecule has 0 atom stereocenters. The van der Waals surface area contributed by atoms with Crippen LogP contribution in [0.5, 0.6) is 0 Å². The number of hydrogen-bond acceptors (Lipinski definition) is 5. The van der Waals surface area contributed by atoms with Crippen molar-refractivity contribution < 1.29 is 4.79 Å². The predicted molar refractivity (Wildman–Crippen MR) is 129 cm³/mol. The topological polar surface area (TPSA) is 58.1 Å². The smallest absolute Gasteiger partial charge is 0.225 e. The molecule has 0 bridgehead atoms. The molecule has 3 aromatic rings. The summed E-state index contributed by atoms with van der Waals surface area (Å²) in [6, 6.07) is 22.0. The first-order chi connectivity index (χ1) is 15.3. The summed E-state index contributed by atoms with van der Waals surface area (Å²) < 4.78 is 0. The van der Waals surface area contributed by atoms with Crippen LogP contribution in [0.15, 0.2) is 71.6 Å². The molecule has 6 heteroatoms. The summed E-state index contributed by atoms with van der Waals surface area (Å²) in [4.78, 5) is 15.7. The standard InChI is InChI=1S/C25H28N4OS/c30-25(16-19-31-22-8-4-3-5-9-22)26-21-12-10-20(11-13-21)23-14-15-24(28-27-23)29-17-6-1-2-7-18-29/h3-5,8-15H,1-2,6-7,16-19H2,(H,26,30). The predicted octanol–water partition coefficient (Wildman–Crippen LogP) is 5.64. The van der Waals surface area contributed by atoms with Gasteiger partial charge in [-0.25, -0.2) is 0 Å². The molecule has 1 aliphatic heterocycles. The van der Waals surface area contributed by atoms with E-state index in [-0.39, 0.29) is 5.91 Å². The van der Waals surface area contributed by atoms with E-state index in [4.69, 9.17) is 0 Å². The Morgan fingerprint density at radius 1 is 0.871 bits per heavy atom. The van der Waals surface area contributed by atoms with E-state index in [1.165, 1.54) is 30.6 Å². The monoisotopic (exact) mass is 432 g/mol. The van der Waals surface area contributed by atoms with Crippen LogP contribution in [0, 0.1) is 0 Å². The Kier molecular flexibility index (Phi) is 7.56. The van der Waals surface area contributed by atoms with E-state index in [1.807, 2.05) is 48.5 Å². The van der Waals surface area contributed by atoms with Gasteiger partial charge < -0.3 is 10.2 Å². The van der Waals surface area contributed by atoms with Gasteiger partial charge in [-0.2, -0.15) is 0 Å². The highest BCUT2D eigenvalue weighted by molar-refractivity contribution is 7.99. The molecule has 1 aromatic heterocycles. The van der Waals surface area contributed by atoms with Crippen molar-refractivity contribution in [2.45, 2.75) is 37.0 Å². The second-order valence-corrected chi connectivity index (χ2v) is 8.88. The summed E-state index contributed by atoms with van der Waals surface area (Å²) in [5.41, 5.74) is 2.64. The quantitative estimate of drug-likeness (QED) is 0.489. The van der Waals surface area contributed by atoms with Crippen LogP contribution in [0.1, 0.15) is 32.1 Å². The second-order valence-electron chi connectivity index (χ2n) is 7.72. The van der Waals surface area contributed by atoms with Crippen LogP contribution in [-0.4, -0.2) is 34.9 Å². The highest BCUT2D eigenvalue weighted by atomic mass is 32.2. The Bertz CT molecular complexity index is 953. The lowest BCUT2D eigenvalue weighted by Gasteiger charge is -2.20. The lowest BCUT2D eigenvalue weighted by atomic mass is 10.1. The van der Waals surface area contributed by atoms with E-state index in [1.54, 1.807) is 11.8 Å². The summed E-state index contributed by atoms with van der Waals surface area (Å²) in [6.07, 6.45) is 5.53. The van der Waals surface area contributed by atoms with E-state index in [2.05, 4.69) is 38.6 Å². The summed E-state index contributed by atoms with van der Waals surface area (Å²) in [7, 11) is 0. The third-order valence-corrected chi connectivity index (χ3v) is 6.40. The van der Waals surface area contributed by atoms with Gasteiger partial charge in [-0.3, -0.25) is 4.79 Å². The SMILES string of the molecule is O=C(CCSc1ccccc1)Nc1ccc(-c2ccc(N3CCCCCC3)nn2)cc1. The van der Waals surface area contributed by atoms with Gasteiger partial charge in [0.15, 0.2) is 5.82 Å². The Morgan fingerprint density at radius 2 is 1.61 bits per heavy atom. The van der Waals surface area contributed by atoms with Gasteiger partial charge in [0.2, 0.25) is 5.91 Å². The number of rotatable bonds is 7. The normalized spacial score (nSPS) is 14.1. The van der Waals surface area contributed by atoms with Gasteiger partial charge >= 0.3 is 0 Å². The van der Waals surface area contributed by atoms with Crippen LogP contribution >= 0.6 is 11.8 Å². The minimum atomic E-state index is 0.0257. The molecule has 1 amide bonds. The molecule has 0 radical (unpaired) electrons. The average Bonchev–Trinajstić information content (AvgIpc) is 3.10. The van der Waals surface area contributed by atoms with E-state index in [9.17, 15) is 4.79 Å². The third kappa shape index (κ3) is 6.31. The summed E-state index contributed by atoms with van der Waals surface area (Å²) in [5, 5.41) is 11.9. The van der Waals surface area contributed by atoms with Crippen LogP contribution in [0.4, 0.5) is 11.5 Å². The molecule has 160 valence electrons. The van der Waals surface area contributed by atoms with Gasteiger partial charge in [-0.05, 0) is 49.2 Å². The number of amides is 1. The second kappa shape index (κ2) is 11.0. The molecule has 5 nitrogen and oxygen atoms in total. The highest BCUT2D eigenvalue weighted by Crippen LogP contribution is 2.23. The average molecular weight is 433 g/mol. The van der Waals surface area contributed by atoms with Crippen LogP contribution in [0.3, 0.4) is 0 Å². The summed E-state index contributed by atoms with van der Waals surface area (Å²) >= 11 is 1.69. The number of anilines is 2. The van der Waals surface area contributed by atoms with Gasteiger partial charge in [0.25, 0.3) is 0 Å². The molecule has 1 N–H and O–H groups in total. The van der Waals surface area contributed by atoms with Crippen molar-refractivity contribution in [3.8, 4) is 11.3 Å². The number of carbonyl (C=O) groups is 1. The Labute approximate surface area is 188 Å². The first-order valence-electron chi connectivity index (χ1n) is 10.9. The summed E-state index contributed by atoms with van der Waals surface area (Å²) in [5.74, 6) is 1.74. The number of hydrogen-bond donors (Lipinski definition) is 1. The van der Waals surface area contributed by atoms with Crippen molar-refractivity contribution in [1.82, 2.24) is 10.2 Å². The van der Waals surface area contributed by atoms with Crippen molar-refractivity contribution in [3.63, 3.8) is 0 Å². The maximum Gasteiger partial charge on any atom is 0.225 e. The molecule has 1 fully saturated rings. The fourth-order valence-corrected chi connectivity index (χ4v) is 4.55. The van der Waals surface area contributed by atoms with Gasteiger partial charge in [-0.15, -0.1) is 22.0 Å². The fourth-order valence-electron chi connectivity index (χ4n) is 3.67. The van der Waals surface area contributed by atoms with Crippen molar-refractivity contribution in [2.24, 2.45) is 0 Å². The van der Waals surface area contributed by atoms with Crippen molar-refractivity contribution in [3.05, 3.63) is 66.7 Å². The highest BCUT2D eigenvalue weighted by Gasteiger charge is 2.12. The van der Waals surface area contributed by atoms with E-state index < -0.39 is 0 Å². The zero-order chi connectivity index (χ0) is 21.3. The minimum Gasteiger partial charge on any atom is -0.355 e. The Balaban J connectivity index is 1.28. The first-order valence-corrected chi connectivity index (χ1v) is 11.9. The van der Waals surface area contributed by atoms with E-state index in [0.29, 0.717) is 6.42 Å². The first kappa shape index (κ1) is 21.4. The zero-order valence-corrected chi connectivity index (χ0v) is 18.5. The van der Waals surface area contributed by atoms with Crippen LogP contribution in [-0.2, 0) is 4.79 Å². The molecule has 0 aliphatic carbocycles. The third-order valence-electron chi connectivity index (χ3n) is 5.39. The summed E-state index contributed by atoms with van der Waals surface area (Å²) in [6.45, 7) is 2.12. The van der Waals surface area contributed by atoms with Gasteiger partial charge in [0.1, 0.15) is 0 Å². The maximum absolute atomic E-state index is 12.2. The fraction of sp³-hybridized carbons (Fsp3) is 0.320. The molecule has 4 rings (SSSR count). The molecule has 0 saturated carbocycles. The number of thioether (sulfide) groups is 1. The maximum atomic E-state index is 12.2. The van der Waals surface area contributed by atoms with Crippen LogP contribution < -0.4 is 10.2 Å². The van der Waals surface area contributed by atoms with Crippen molar-refractivity contribution >= 4 is 29.2 Å². The molecular formula is C25H28N4OS. The number of carbonyl (C=O) groups excluding carboxylic acids is 1. The Morgan fingerprint density at radius 3 is 2.29 bits per heavy atom. The van der Waals surface area contributed by atoms with E-state index in [0.717, 1.165) is 41.6 Å². The van der Waals surface area contributed by atoms with Gasteiger partial charge in [-0.1, -0.05) is 43.2 Å². The minimum absolute atomic E-state index is 0.0257. The van der Waals surface area contributed by atoms with Crippen LogP contribution in [0.25, 0.3) is 11.3 Å². The molecule has 1 saturated heterocycles. The zero-order valence-electron chi connectivity index (χ0n) is 17.7. The van der Waals surface area contributed by atoms with Crippen molar-refractivity contribution in [2.75, 3.05) is 29.1 Å². The van der Waals surface area contributed by atoms with E-state index >= 15 is 0 Å².